The molecule has 2 amide bonds. The van der Waals surface area contributed by atoms with E-state index in [9.17, 15) is 9.59 Å². The highest BCUT2D eigenvalue weighted by Crippen LogP contribution is 2.20. The van der Waals surface area contributed by atoms with Gasteiger partial charge in [-0.25, -0.2) is 0 Å². The van der Waals surface area contributed by atoms with E-state index in [-0.39, 0.29) is 31.0 Å². The zero-order chi connectivity index (χ0) is 26.1. The number of nitrogens with zero attached hydrogens (tertiary/aromatic N) is 1. The first-order valence-corrected chi connectivity index (χ1v) is 12.7. The van der Waals surface area contributed by atoms with Gasteiger partial charge in [0.1, 0.15) is 11.8 Å². The molecule has 0 aliphatic rings. The molecule has 190 valence electrons. The zero-order valence-corrected chi connectivity index (χ0v) is 22.2. The summed E-state index contributed by atoms with van der Waals surface area (Å²) in [6, 6.07) is 22.1. The van der Waals surface area contributed by atoms with Crippen molar-refractivity contribution >= 4 is 23.4 Å². The van der Waals surface area contributed by atoms with E-state index in [2.05, 4.69) is 5.32 Å². The van der Waals surface area contributed by atoms with Crippen LogP contribution < -0.4 is 10.1 Å². The van der Waals surface area contributed by atoms with Gasteiger partial charge in [-0.05, 0) is 73.7 Å². The van der Waals surface area contributed by atoms with E-state index in [1.165, 1.54) is 0 Å². The molecular weight excluding hydrogens is 472 g/mol. The van der Waals surface area contributed by atoms with Crippen LogP contribution in [0.2, 0.25) is 5.02 Å². The summed E-state index contributed by atoms with van der Waals surface area (Å²) in [5, 5.41) is 3.65. The Bertz CT molecular complexity index is 1170. The van der Waals surface area contributed by atoms with Crippen molar-refractivity contribution in [2.75, 3.05) is 6.61 Å². The first-order chi connectivity index (χ1) is 17.3. The minimum absolute atomic E-state index is 0.00863. The van der Waals surface area contributed by atoms with Crippen molar-refractivity contribution in [1.29, 1.82) is 0 Å². The number of hydrogen-bond donors (Lipinski definition) is 1. The standard InChI is InChI=1S/C30H35ClN2O3/c1-5-23(4)32-30(35)28(18-24-10-7-6-8-11-24)33(19-25-12-9-13-26(31)17-25)29(34)20-36-27-15-14-21(2)22(3)16-27/h6-17,23,28H,5,18-20H2,1-4H3,(H,32,35)/t23-,28+/m1/s1. The molecule has 0 aromatic heterocycles. The fourth-order valence-electron chi connectivity index (χ4n) is 3.86. The number of aryl methyl sites for hydroxylation is 2. The molecule has 2 atom stereocenters. The van der Waals surface area contributed by atoms with E-state index in [0.29, 0.717) is 17.2 Å². The fraction of sp³-hybridized carbons (Fsp3) is 0.333. The van der Waals surface area contributed by atoms with Gasteiger partial charge in [-0.2, -0.15) is 0 Å². The summed E-state index contributed by atoms with van der Waals surface area (Å²) in [5.74, 6) is 0.168. The summed E-state index contributed by atoms with van der Waals surface area (Å²) >= 11 is 6.23. The van der Waals surface area contributed by atoms with Gasteiger partial charge in [0.2, 0.25) is 5.91 Å². The van der Waals surface area contributed by atoms with Crippen molar-refractivity contribution in [1.82, 2.24) is 10.2 Å². The molecule has 3 aromatic carbocycles. The molecule has 3 rings (SSSR count). The first-order valence-electron chi connectivity index (χ1n) is 12.3. The molecule has 0 fully saturated rings. The summed E-state index contributed by atoms with van der Waals surface area (Å²) in [5.41, 5.74) is 4.06. The average molecular weight is 507 g/mol. The number of rotatable bonds is 11. The van der Waals surface area contributed by atoms with Gasteiger partial charge in [0.05, 0.1) is 0 Å². The van der Waals surface area contributed by atoms with Gasteiger partial charge in [0.15, 0.2) is 6.61 Å². The van der Waals surface area contributed by atoms with Gasteiger partial charge in [0, 0.05) is 24.0 Å². The van der Waals surface area contributed by atoms with Crippen LogP contribution in [0.25, 0.3) is 0 Å². The second kappa shape index (κ2) is 13.1. The van der Waals surface area contributed by atoms with Crippen molar-refractivity contribution in [3.8, 4) is 5.75 Å². The van der Waals surface area contributed by atoms with Crippen LogP contribution in [-0.4, -0.2) is 35.4 Å². The largest absolute Gasteiger partial charge is 0.484 e. The Balaban J connectivity index is 1.91. The minimum atomic E-state index is -0.712. The van der Waals surface area contributed by atoms with Gasteiger partial charge in [0.25, 0.3) is 5.91 Å². The number of amides is 2. The van der Waals surface area contributed by atoms with Crippen LogP contribution in [0.4, 0.5) is 0 Å². The molecule has 0 spiro atoms. The number of ether oxygens (including phenoxy) is 1. The third kappa shape index (κ3) is 7.85. The molecule has 0 aliphatic heterocycles. The summed E-state index contributed by atoms with van der Waals surface area (Å²) < 4.78 is 5.88. The SMILES string of the molecule is CC[C@@H](C)NC(=O)[C@H](Cc1ccccc1)N(Cc1cccc(Cl)c1)C(=O)COc1ccc(C)c(C)c1. The maximum absolute atomic E-state index is 13.6. The summed E-state index contributed by atoms with van der Waals surface area (Å²) in [6.07, 6.45) is 1.18. The molecule has 1 N–H and O–H groups in total. The monoisotopic (exact) mass is 506 g/mol. The van der Waals surface area contributed by atoms with Crippen LogP contribution >= 0.6 is 11.6 Å². The second-order valence-electron chi connectivity index (χ2n) is 9.21. The van der Waals surface area contributed by atoms with Crippen molar-refractivity contribution in [3.05, 3.63) is 100 Å². The van der Waals surface area contributed by atoms with Gasteiger partial charge >= 0.3 is 0 Å². The van der Waals surface area contributed by atoms with E-state index in [1.54, 1.807) is 11.0 Å². The van der Waals surface area contributed by atoms with E-state index in [0.717, 1.165) is 28.7 Å². The van der Waals surface area contributed by atoms with E-state index >= 15 is 0 Å². The first kappa shape index (κ1) is 27.3. The molecule has 0 saturated heterocycles. The number of halogens is 1. The lowest BCUT2D eigenvalue weighted by molar-refractivity contribution is -0.143. The van der Waals surface area contributed by atoms with E-state index < -0.39 is 6.04 Å². The summed E-state index contributed by atoms with van der Waals surface area (Å²) in [6.45, 7) is 8.07. The molecular formula is C30H35ClN2O3. The van der Waals surface area contributed by atoms with E-state index in [1.807, 2.05) is 94.4 Å². The Morgan fingerprint density at radius 1 is 0.944 bits per heavy atom. The van der Waals surface area contributed by atoms with Crippen LogP contribution in [0, 0.1) is 13.8 Å². The maximum Gasteiger partial charge on any atom is 0.261 e. The molecule has 0 aliphatic carbocycles. The quantitative estimate of drug-likeness (QED) is 0.352. The lowest BCUT2D eigenvalue weighted by Gasteiger charge is -2.32. The smallest absolute Gasteiger partial charge is 0.261 e. The topological polar surface area (TPSA) is 58.6 Å². The molecule has 0 radical (unpaired) electrons. The molecule has 5 nitrogen and oxygen atoms in total. The van der Waals surface area contributed by atoms with Crippen LogP contribution in [0.15, 0.2) is 72.8 Å². The predicted molar refractivity (Wildman–Crippen MR) is 145 cm³/mol. The van der Waals surface area contributed by atoms with Gasteiger partial charge < -0.3 is 15.0 Å². The van der Waals surface area contributed by atoms with Crippen molar-refractivity contribution in [2.45, 2.75) is 59.2 Å². The summed E-state index contributed by atoms with van der Waals surface area (Å²) in [7, 11) is 0. The highest BCUT2D eigenvalue weighted by atomic mass is 35.5. The number of carbonyl (C=O) groups is 2. The highest BCUT2D eigenvalue weighted by molar-refractivity contribution is 6.30. The highest BCUT2D eigenvalue weighted by Gasteiger charge is 2.31. The molecule has 0 unspecified atom stereocenters. The van der Waals surface area contributed by atoms with Crippen molar-refractivity contribution < 1.29 is 14.3 Å². The number of carbonyl (C=O) groups excluding carboxylic acids is 2. The average Bonchev–Trinajstić information content (AvgIpc) is 2.87. The summed E-state index contributed by atoms with van der Waals surface area (Å²) in [4.78, 5) is 28.8. The van der Waals surface area contributed by atoms with Crippen molar-refractivity contribution in [3.63, 3.8) is 0 Å². The number of benzene rings is 3. The third-order valence-corrected chi connectivity index (χ3v) is 6.59. The predicted octanol–water partition coefficient (Wildman–Crippen LogP) is 5.89. The Labute approximate surface area is 219 Å². The maximum atomic E-state index is 13.6. The number of hydrogen-bond acceptors (Lipinski definition) is 3. The van der Waals surface area contributed by atoms with Crippen molar-refractivity contribution in [2.24, 2.45) is 0 Å². The molecule has 0 saturated carbocycles. The Morgan fingerprint density at radius 3 is 2.33 bits per heavy atom. The molecule has 3 aromatic rings. The van der Waals surface area contributed by atoms with Gasteiger partial charge in [-0.15, -0.1) is 0 Å². The van der Waals surface area contributed by atoms with Crippen LogP contribution in [0.1, 0.15) is 42.5 Å². The Hall–Kier alpha value is -3.31. The molecule has 6 heteroatoms. The molecule has 0 bridgehead atoms. The van der Waals surface area contributed by atoms with Crippen LogP contribution in [0.3, 0.4) is 0 Å². The lowest BCUT2D eigenvalue weighted by Crippen LogP contribution is -2.53. The molecule has 36 heavy (non-hydrogen) atoms. The lowest BCUT2D eigenvalue weighted by atomic mass is 10.0. The van der Waals surface area contributed by atoms with E-state index in [4.69, 9.17) is 16.3 Å². The zero-order valence-electron chi connectivity index (χ0n) is 21.5. The third-order valence-electron chi connectivity index (χ3n) is 6.35. The van der Waals surface area contributed by atoms with Gasteiger partial charge in [-0.3, -0.25) is 9.59 Å². The normalized spacial score (nSPS) is 12.5. The van der Waals surface area contributed by atoms with Crippen LogP contribution in [-0.2, 0) is 22.6 Å². The van der Waals surface area contributed by atoms with Gasteiger partial charge in [-0.1, -0.05) is 67.1 Å². The van der Waals surface area contributed by atoms with Crippen LogP contribution in [0.5, 0.6) is 5.75 Å². The number of nitrogens with one attached hydrogen (secondary N) is 1. The molecule has 0 heterocycles. The fourth-order valence-corrected chi connectivity index (χ4v) is 4.07. The Kier molecular flexibility index (Phi) is 9.95. The minimum Gasteiger partial charge on any atom is -0.484 e. The Morgan fingerprint density at radius 2 is 1.67 bits per heavy atom. The second-order valence-corrected chi connectivity index (χ2v) is 9.65.